The molecule has 1 heterocycles. The van der Waals surface area contributed by atoms with Crippen LogP contribution in [0, 0.1) is 5.82 Å². The lowest BCUT2D eigenvalue weighted by molar-refractivity contribution is -0.120. The van der Waals surface area contributed by atoms with Gasteiger partial charge in [-0.25, -0.2) is 9.29 Å². The first-order chi connectivity index (χ1) is 16.4. The second-order valence-corrected chi connectivity index (χ2v) is 7.95. The van der Waals surface area contributed by atoms with Crippen molar-refractivity contribution in [2.75, 3.05) is 16.8 Å². The van der Waals surface area contributed by atoms with Crippen LogP contribution < -0.4 is 19.7 Å². The molecule has 2 amide bonds. The number of nitrogens with one attached hydrogen (secondary N) is 1. The second-order valence-electron chi connectivity index (χ2n) is 7.95. The van der Waals surface area contributed by atoms with Crippen molar-refractivity contribution in [1.29, 1.82) is 0 Å². The summed E-state index contributed by atoms with van der Waals surface area (Å²) >= 11 is 0. The molecule has 1 aliphatic rings. The number of halogens is 1. The molecule has 0 spiro atoms. The van der Waals surface area contributed by atoms with Crippen molar-refractivity contribution in [2.45, 2.75) is 26.9 Å². The smallest absolute Gasteiger partial charge is 0.282 e. The van der Waals surface area contributed by atoms with Gasteiger partial charge in [0.15, 0.2) is 0 Å². The molecule has 0 saturated carbocycles. The van der Waals surface area contributed by atoms with Crippen molar-refractivity contribution in [1.82, 2.24) is 0 Å². The zero-order valence-corrected chi connectivity index (χ0v) is 19.2. The van der Waals surface area contributed by atoms with Crippen molar-refractivity contribution in [3.63, 3.8) is 0 Å². The number of carbonyl (C=O) groups excluding carboxylic acids is 2. The molecule has 0 atom stereocenters. The quantitative estimate of drug-likeness (QED) is 0.456. The summed E-state index contributed by atoms with van der Waals surface area (Å²) in [7, 11) is 0. The van der Waals surface area contributed by atoms with Gasteiger partial charge in [0, 0.05) is 5.69 Å². The maximum Gasteiger partial charge on any atom is 0.282 e. The van der Waals surface area contributed by atoms with E-state index >= 15 is 0 Å². The molecule has 3 aromatic carbocycles. The third kappa shape index (κ3) is 4.78. The highest BCUT2D eigenvalue weighted by molar-refractivity contribution is 6.46. The molecule has 6 nitrogen and oxygen atoms in total. The molecule has 0 aliphatic carbocycles. The molecule has 0 fully saturated rings. The molecule has 7 heteroatoms. The normalized spacial score (nSPS) is 13.6. The van der Waals surface area contributed by atoms with Gasteiger partial charge in [-0.3, -0.25) is 9.59 Å². The van der Waals surface area contributed by atoms with E-state index in [2.05, 4.69) is 5.32 Å². The highest BCUT2D eigenvalue weighted by Gasteiger charge is 2.40. The van der Waals surface area contributed by atoms with E-state index < -0.39 is 17.6 Å². The van der Waals surface area contributed by atoms with Crippen molar-refractivity contribution in [3.05, 3.63) is 89.9 Å². The largest absolute Gasteiger partial charge is 0.494 e. The van der Waals surface area contributed by atoms with Crippen LogP contribution in [0.3, 0.4) is 0 Å². The zero-order chi connectivity index (χ0) is 24.2. The Hall–Kier alpha value is -4.13. The van der Waals surface area contributed by atoms with E-state index in [4.69, 9.17) is 9.47 Å². The summed E-state index contributed by atoms with van der Waals surface area (Å²) in [6.45, 7) is 6.27. The Bertz CT molecular complexity index is 1220. The fourth-order valence-electron chi connectivity index (χ4n) is 3.66. The van der Waals surface area contributed by atoms with Gasteiger partial charge in [-0.15, -0.1) is 0 Å². The van der Waals surface area contributed by atoms with Crippen molar-refractivity contribution in [2.24, 2.45) is 0 Å². The molecule has 1 N–H and O–H groups in total. The molecule has 0 saturated heterocycles. The SMILES string of the molecule is CCOc1ccc(C2=C(Nc3ccc(OC(C)C)cc3)C(=O)N(c3ccc(F)cc3)C2=O)cc1. The van der Waals surface area contributed by atoms with E-state index in [0.717, 1.165) is 4.90 Å². The van der Waals surface area contributed by atoms with Crippen LogP contribution in [0.25, 0.3) is 5.57 Å². The topological polar surface area (TPSA) is 67.9 Å². The predicted molar refractivity (Wildman–Crippen MR) is 129 cm³/mol. The molecular weight excluding hydrogens is 435 g/mol. The number of hydrogen-bond acceptors (Lipinski definition) is 5. The number of ether oxygens (including phenoxy) is 2. The third-order valence-corrected chi connectivity index (χ3v) is 5.12. The average Bonchev–Trinajstić information content (AvgIpc) is 3.05. The number of amides is 2. The standard InChI is InChI=1S/C27H25FN2O4/c1-4-33-22-13-5-18(6-14-22)24-25(29-20-9-15-23(16-10-20)34-17(2)3)27(32)30(26(24)31)21-11-7-19(28)8-12-21/h5-17,29H,4H2,1-3H3. The summed E-state index contributed by atoms with van der Waals surface area (Å²) in [5.41, 5.74) is 1.83. The number of hydrogen-bond donors (Lipinski definition) is 1. The minimum atomic E-state index is -0.525. The Morgan fingerprint density at radius 3 is 2.06 bits per heavy atom. The van der Waals surface area contributed by atoms with Crippen LogP contribution in [0.1, 0.15) is 26.3 Å². The Balaban J connectivity index is 1.72. The van der Waals surface area contributed by atoms with Gasteiger partial charge in [-0.1, -0.05) is 12.1 Å². The maximum absolute atomic E-state index is 13.5. The number of benzene rings is 3. The van der Waals surface area contributed by atoms with Gasteiger partial charge in [0.1, 0.15) is 23.0 Å². The summed E-state index contributed by atoms with van der Waals surface area (Å²) in [4.78, 5) is 27.9. The van der Waals surface area contributed by atoms with Gasteiger partial charge in [0.25, 0.3) is 11.8 Å². The zero-order valence-electron chi connectivity index (χ0n) is 19.2. The first-order valence-electron chi connectivity index (χ1n) is 11.0. The van der Waals surface area contributed by atoms with E-state index in [1.807, 2.05) is 20.8 Å². The van der Waals surface area contributed by atoms with E-state index in [-0.39, 0.29) is 23.1 Å². The number of carbonyl (C=O) groups is 2. The Kier molecular flexibility index (Phi) is 6.63. The van der Waals surface area contributed by atoms with Crippen molar-refractivity contribution >= 4 is 28.8 Å². The lowest BCUT2D eigenvalue weighted by Gasteiger charge is -2.15. The number of rotatable bonds is 8. The fourth-order valence-corrected chi connectivity index (χ4v) is 3.66. The van der Waals surface area contributed by atoms with Crippen LogP contribution in [0.15, 0.2) is 78.5 Å². The van der Waals surface area contributed by atoms with Crippen LogP contribution in [-0.4, -0.2) is 24.5 Å². The van der Waals surface area contributed by atoms with Gasteiger partial charge >= 0.3 is 0 Å². The van der Waals surface area contributed by atoms with Gasteiger partial charge in [0.2, 0.25) is 0 Å². The number of anilines is 2. The molecule has 0 aromatic heterocycles. The molecule has 0 unspecified atom stereocenters. The first kappa shape index (κ1) is 23.0. The number of imide groups is 1. The Morgan fingerprint density at radius 1 is 0.853 bits per heavy atom. The lowest BCUT2D eigenvalue weighted by atomic mass is 10.0. The second kappa shape index (κ2) is 9.79. The molecule has 3 aromatic rings. The summed E-state index contributed by atoms with van der Waals surface area (Å²) < 4.78 is 24.6. The summed E-state index contributed by atoms with van der Waals surface area (Å²) in [5.74, 6) is -0.118. The Morgan fingerprint density at radius 2 is 1.47 bits per heavy atom. The first-order valence-corrected chi connectivity index (χ1v) is 11.0. The van der Waals surface area contributed by atoms with E-state index in [1.165, 1.54) is 24.3 Å². The highest BCUT2D eigenvalue weighted by atomic mass is 19.1. The minimum Gasteiger partial charge on any atom is -0.494 e. The van der Waals surface area contributed by atoms with Gasteiger partial charge in [-0.05, 0) is 87.0 Å². The highest BCUT2D eigenvalue weighted by Crippen LogP contribution is 2.34. The molecule has 34 heavy (non-hydrogen) atoms. The van der Waals surface area contributed by atoms with Crippen LogP contribution in [-0.2, 0) is 9.59 Å². The molecule has 0 bridgehead atoms. The Labute approximate surface area is 197 Å². The molecule has 0 radical (unpaired) electrons. The molecule has 1 aliphatic heterocycles. The van der Waals surface area contributed by atoms with Crippen LogP contribution in [0.2, 0.25) is 0 Å². The molecule has 4 rings (SSSR count). The van der Waals surface area contributed by atoms with Crippen LogP contribution in [0.4, 0.5) is 15.8 Å². The van der Waals surface area contributed by atoms with Gasteiger partial charge in [0.05, 0.1) is 24.0 Å². The predicted octanol–water partition coefficient (Wildman–Crippen LogP) is 5.41. The minimum absolute atomic E-state index is 0.0334. The van der Waals surface area contributed by atoms with Gasteiger partial charge < -0.3 is 14.8 Å². The monoisotopic (exact) mass is 460 g/mol. The van der Waals surface area contributed by atoms with E-state index in [1.54, 1.807) is 48.5 Å². The third-order valence-electron chi connectivity index (χ3n) is 5.12. The van der Waals surface area contributed by atoms with Crippen LogP contribution >= 0.6 is 0 Å². The molecule has 174 valence electrons. The summed E-state index contributed by atoms with van der Waals surface area (Å²) in [6, 6.07) is 19.3. The maximum atomic E-state index is 13.5. The van der Waals surface area contributed by atoms with E-state index in [0.29, 0.717) is 29.4 Å². The van der Waals surface area contributed by atoms with Crippen LogP contribution in [0.5, 0.6) is 11.5 Å². The fraction of sp³-hybridized carbons (Fsp3) is 0.185. The van der Waals surface area contributed by atoms with E-state index in [9.17, 15) is 14.0 Å². The average molecular weight is 461 g/mol. The lowest BCUT2D eigenvalue weighted by Crippen LogP contribution is -2.32. The van der Waals surface area contributed by atoms with Crippen molar-refractivity contribution < 1.29 is 23.5 Å². The van der Waals surface area contributed by atoms with Gasteiger partial charge in [-0.2, -0.15) is 0 Å². The molecular formula is C27H25FN2O4. The summed E-state index contributed by atoms with van der Waals surface area (Å²) in [6.07, 6.45) is 0.0334. The van der Waals surface area contributed by atoms with Crippen molar-refractivity contribution in [3.8, 4) is 11.5 Å². The number of nitrogens with zero attached hydrogens (tertiary/aromatic N) is 1. The summed E-state index contributed by atoms with van der Waals surface area (Å²) in [5, 5.41) is 3.11.